The van der Waals surface area contributed by atoms with Crippen molar-refractivity contribution in [2.24, 2.45) is 5.92 Å². The number of hydrogen-bond donors (Lipinski definition) is 2. The summed E-state index contributed by atoms with van der Waals surface area (Å²) in [6.45, 7) is 21.5. The molecule has 3 atom stereocenters. The largest absolute Gasteiger partial charge is 0.501 e. The second-order valence-corrected chi connectivity index (χ2v) is 40.0. The molecule has 2 aliphatic heterocycles. The molecule has 7 aromatic carbocycles. The van der Waals surface area contributed by atoms with Crippen molar-refractivity contribution in [2.45, 2.75) is 122 Å². The molecule has 0 aliphatic carbocycles. The van der Waals surface area contributed by atoms with Crippen molar-refractivity contribution in [2.75, 3.05) is 61.9 Å². The lowest BCUT2D eigenvalue weighted by molar-refractivity contribution is -0.0498. The summed E-state index contributed by atoms with van der Waals surface area (Å²) in [6.07, 6.45) is 1.48. The van der Waals surface area contributed by atoms with Gasteiger partial charge < -0.3 is 23.8 Å². The van der Waals surface area contributed by atoms with Crippen LogP contribution in [0.4, 0.5) is 24.5 Å². The van der Waals surface area contributed by atoms with Crippen molar-refractivity contribution >= 4 is 87.5 Å². The Morgan fingerprint density at radius 1 is 0.733 bits per heavy atom. The Kier molecular flexibility index (Phi) is 21.8. The number of halogens is 4. The Labute approximate surface area is 541 Å². The molecule has 21 heteroatoms. The van der Waals surface area contributed by atoms with Crippen LogP contribution in [-0.2, 0) is 33.4 Å². The predicted molar refractivity (Wildman–Crippen MR) is 363 cm³/mol. The highest BCUT2D eigenvalue weighted by atomic mass is 35.5. The molecule has 0 aromatic heterocycles. The molecular weight excluding hydrogens is 1260 g/mol. The lowest BCUT2D eigenvalue weighted by Gasteiger charge is -2.44. The van der Waals surface area contributed by atoms with Crippen molar-refractivity contribution in [3.05, 3.63) is 198 Å². The molecule has 2 saturated heterocycles. The van der Waals surface area contributed by atoms with Crippen LogP contribution in [0, 0.1) is 5.92 Å². The van der Waals surface area contributed by atoms with Crippen LogP contribution in [0.1, 0.15) is 82.8 Å². The zero-order chi connectivity index (χ0) is 64.7. The van der Waals surface area contributed by atoms with Gasteiger partial charge in [-0.25, -0.2) is 21.6 Å². The number of carbonyl (C=O) groups is 1. The second-order valence-electron chi connectivity index (χ2n) is 25.8. The van der Waals surface area contributed by atoms with Crippen LogP contribution < -0.4 is 25.3 Å². The number of nitrogens with one attached hydrogen (secondary N) is 2. The molecule has 2 aliphatic rings. The molecule has 7 aromatic rings. The summed E-state index contributed by atoms with van der Waals surface area (Å²) >= 11 is 7.74. The minimum absolute atomic E-state index is 0.0302. The molecule has 2 heterocycles. The smallest absolute Gasteiger partial charge is 0.410 e. The van der Waals surface area contributed by atoms with Crippen molar-refractivity contribution < 1.29 is 48.4 Å². The van der Waals surface area contributed by atoms with E-state index in [4.69, 9.17) is 25.2 Å². The van der Waals surface area contributed by atoms with E-state index >= 15 is 0 Å². The molecule has 1 amide bonds. The molecule has 0 saturated carbocycles. The number of carbonyl (C=O) groups excluding carboxylic acids is 1. The fourth-order valence-corrected chi connectivity index (χ4v) is 20.8. The monoisotopic (exact) mass is 1340 g/mol. The highest BCUT2D eigenvalue weighted by Gasteiger charge is 2.51. The summed E-state index contributed by atoms with van der Waals surface area (Å²) < 4.78 is 122. The molecule has 90 heavy (non-hydrogen) atoms. The zero-order valence-corrected chi connectivity index (χ0v) is 57.5. The van der Waals surface area contributed by atoms with Gasteiger partial charge in [-0.1, -0.05) is 168 Å². The van der Waals surface area contributed by atoms with Crippen molar-refractivity contribution in [1.82, 2.24) is 9.62 Å². The number of sulfonamides is 1. The summed E-state index contributed by atoms with van der Waals surface area (Å²) in [5.41, 5.74) is -2.18. The summed E-state index contributed by atoms with van der Waals surface area (Å²) in [6, 6.07) is 54.6. The minimum atomic E-state index is -6.16. The van der Waals surface area contributed by atoms with E-state index in [1.165, 1.54) is 23.9 Å². The average molecular weight is 1340 g/mol. The van der Waals surface area contributed by atoms with Crippen LogP contribution in [-0.4, -0.2) is 114 Å². The lowest BCUT2D eigenvalue weighted by Crippen LogP contribution is -2.67. The third kappa shape index (κ3) is 16.2. The Morgan fingerprint density at radius 3 is 1.91 bits per heavy atom. The number of anilines is 2. The number of benzene rings is 7. The van der Waals surface area contributed by atoms with Gasteiger partial charge in [0, 0.05) is 65.7 Å². The maximum Gasteiger partial charge on any atom is 0.501 e. The van der Waals surface area contributed by atoms with Gasteiger partial charge in [0.15, 0.2) is 8.32 Å². The Morgan fingerprint density at radius 2 is 1.32 bits per heavy atom. The standard InChI is InChI=1S/C69H82ClF3N4O8S3Si2/c1-67(2,3)89(7,8)85-65(62-27-19-18-26-61(62)50-28-32-53(70)33-29-50)51-38-42-77(43-39-51)55-34-30-52(31-35-55)66(78)75-88(81,82)58-36-37-63(64(46-58)87(79,80)69(71,72)73)74-54(49-86-57-20-12-9-13-21-57)40-41-76-44-45-83-56(47-76)48-84-90(68(4,5)6,59-22-14-10-15-23-59)60-24-16-11-17-25-60/h9-37,46,51,54,56,65,74H,38-45,47-49H2,1-8H3,(H,75,78)/t54-,56-,65-/m1/s1. The van der Waals surface area contributed by atoms with E-state index in [-0.39, 0.29) is 33.8 Å². The predicted octanol–water partition coefficient (Wildman–Crippen LogP) is 14.6. The van der Waals surface area contributed by atoms with Gasteiger partial charge in [-0.3, -0.25) is 9.69 Å². The van der Waals surface area contributed by atoms with Gasteiger partial charge in [-0.15, -0.1) is 11.8 Å². The van der Waals surface area contributed by atoms with Crippen LogP contribution in [0.25, 0.3) is 11.1 Å². The Balaban J connectivity index is 0.887. The number of thioether (sulfide) groups is 1. The molecule has 12 nitrogen and oxygen atoms in total. The number of alkyl halides is 3. The van der Waals surface area contributed by atoms with Crippen LogP contribution in [0.3, 0.4) is 0 Å². The number of nitrogens with zero attached hydrogens (tertiary/aromatic N) is 2. The maximum absolute atomic E-state index is 14.7. The van der Waals surface area contributed by atoms with Gasteiger partial charge in [0.1, 0.15) is 4.90 Å². The van der Waals surface area contributed by atoms with Gasteiger partial charge in [-0.05, 0) is 142 Å². The van der Waals surface area contributed by atoms with Crippen LogP contribution in [0.5, 0.6) is 0 Å². The van der Waals surface area contributed by atoms with Crippen molar-refractivity contribution in [3.8, 4) is 11.1 Å². The number of amides is 1. The van der Waals surface area contributed by atoms with Gasteiger partial charge in [0.2, 0.25) is 0 Å². The molecule has 0 spiro atoms. The van der Waals surface area contributed by atoms with Crippen LogP contribution in [0.2, 0.25) is 28.2 Å². The molecule has 2 N–H and O–H groups in total. The van der Waals surface area contributed by atoms with E-state index in [1.54, 1.807) is 12.1 Å². The third-order valence-electron chi connectivity index (χ3n) is 17.7. The van der Waals surface area contributed by atoms with Gasteiger partial charge in [0.05, 0.1) is 36.0 Å². The quantitative estimate of drug-likeness (QED) is 0.0465. The number of piperidine rings is 1. The fourth-order valence-electron chi connectivity index (χ4n) is 11.7. The van der Waals surface area contributed by atoms with E-state index in [1.807, 2.05) is 102 Å². The molecular formula is C69H82ClF3N4O8S3Si2. The van der Waals surface area contributed by atoms with E-state index in [2.05, 4.69) is 112 Å². The summed E-state index contributed by atoms with van der Waals surface area (Å²) in [7, 11) is -16.3. The maximum atomic E-state index is 14.7. The summed E-state index contributed by atoms with van der Waals surface area (Å²) in [5.74, 6) is -0.563. The topological polar surface area (TPSA) is 144 Å². The highest BCUT2D eigenvalue weighted by molar-refractivity contribution is 7.99. The van der Waals surface area contributed by atoms with Gasteiger partial charge in [-0.2, -0.15) is 13.2 Å². The van der Waals surface area contributed by atoms with Crippen molar-refractivity contribution in [3.63, 3.8) is 0 Å². The second kappa shape index (κ2) is 28.6. The minimum Gasteiger partial charge on any atom is -0.410 e. The zero-order valence-electron chi connectivity index (χ0n) is 52.3. The average Bonchev–Trinajstić information content (AvgIpc) is 0.853. The number of ether oxygens (including phenoxy) is 1. The molecule has 2 fully saturated rings. The van der Waals surface area contributed by atoms with Gasteiger partial charge >= 0.3 is 5.51 Å². The first-order valence-electron chi connectivity index (χ1n) is 30.5. The first-order valence-corrected chi connectivity index (χ1v) is 39.6. The molecule has 0 unspecified atom stereocenters. The van der Waals surface area contributed by atoms with E-state index in [0.29, 0.717) is 69.2 Å². The SMILES string of the molecule is CC(C)(C)[Si](C)(C)O[C@@H](c1ccccc1-c1ccc(Cl)cc1)C1CCN(c2ccc(C(=O)NS(=O)(=O)c3ccc(N[C@H](CCN4CCO[C@@H](CO[Si](c5ccccc5)(c5ccccc5)C(C)(C)C)C4)CSc4ccccc4)c(S(=O)(=O)C(F)(F)F)c3)cc2)CC1. The fraction of sp³-hybridized carbons (Fsp3) is 0.377. The lowest BCUT2D eigenvalue weighted by atomic mass is 9.84. The summed E-state index contributed by atoms with van der Waals surface area (Å²) in [4.78, 5) is 16.9. The van der Waals surface area contributed by atoms with E-state index in [0.717, 1.165) is 62.6 Å². The van der Waals surface area contributed by atoms with Gasteiger partial charge in [0.25, 0.3) is 34.1 Å². The normalized spacial score (nSPS) is 16.8. The first-order chi connectivity index (χ1) is 42.6. The number of rotatable bonds is 23. The summed E-state index contributed by atoms with van der Waals surface area (Å²) in [5, 5.41) is 5.73. The number of morpholine rings is 1. The Hall–Kier alpha value is -5.79. The molecule has 0 bridgehead atoms. The van der Waals surface area contributed by atoms with Crippen molar-refractivity contribution in [1.29, 1.82) is 0 Å². The van der Waals surface area contributed by atoms with Crippen LogP contribution in [0.15, 0.2) is 197 Å². The first kappa shape index (κ1) is 68.6. The highest BCUT2D eigenvalue weighted by Crippen LogP contribution is 2.47. The van der Waals surface area contributed by atoms with Crippen LogP contribution >= 0.6 is 23.4 Å². The number of hydrogen-bond acceptors (Lipinski definition) is 12. The Bertz CT molecular complexity index is 3730. The van der Waals surface area contributed by atoms with E-state index < -0.39 is 69.4 Å². The molecule has 9 rings (SSSR count). The molecule has 480 valence electrons. The van der Waals surface area contributed by atoms with E-state index in [9.17, 15) is 34.8 Å². The molecule has 0 radical (unpaired) electrons. The third-order valence-corrected chi connectivity index (χ3v) is 31.4. The number of sulfone groups is 1.